The summed E-state index contributed by atoms with van der Waals surface area (Å²) in [6.07, 6.45) is 4.20. The standard InChI is InChI=1S/C9H8BrNO2/c1-6-4-7(2-3-8(12)13)5-11-9(6)10/h2-5H,1H3,(H,12,13). The maximum atomic E-state index is 10.2. The Hall–Kier alpha value is -1.16. The lowest BCUT2D eigenvalue weighted by Gasteiger charge is -1.97. The van der Waals surface area contributed by atoms with E-state index in [4.69, 9.17) is 5.11 Å². The topological polar surface area (TPSA) is 50.2 Å². The number of hydrogen-bond donors (Lipinski definition) is 1. The molecule has 0 unspecified atom stereocenters. The fourth-order valence-electron chi connectivity index (χ4n) is 0.839. The molecule has 0 radical (unpaired) electrons. The molecule has 0 atom stereocenters. The van der Waals surface area contributed by atoms with Crippen molar-refractivity contribution in [2.75, 3.05) is 0 Å². The molecule has 0 aliphatic carbocycles. The van der Waals surface area contributed by atoms with Crippen molar-refractivity contribution in [3.05, 3.63) is 34.1 Å². The molecule has 1 aromatic heterocycles. The van der Waals surface area contributed by atoms with Crippen LogP contribution in [0.3, 0.4) is 0 Å². The second-order valence-corrected chi connectivity index (χ2v) is 3.30. The Morgan fingerprint density at radius 3 is 2.92 bits per heavy atom. The Kier molecular flexibility index (Phi) is 3.19. The van der Waals surface area contributed by atoms with Crippen LogP contribution in [0.2, 0.25) is 0 Å². The molecule has 0 aliphatic heterocycles. The average molecular weight is 242 g/mol. The van der Waals surface area contributed by atoms with E-state index in [9.17, 15) is 4.79 Å². The summed E-state index contributed by atoms with van der Waals surface area (Å²) < 4.78 is 0.778. The molecule has 0 aromatic carbocycles. The van der Waals surface area contributed by atoms with Crippen molar-refractivity contribution in [1.29, 1.82) is 0 Å². The number of pyridine rings is 1. The monoisotopic (exact) mass is 241 g/mol. The minimum absolute atomic E-state index is 0.778. The van der Waals surface area contributed by atoms with E-state index in [0.717, 1.165) is 21.8 Å². The average Bonchev–Trinajstić information content (AvgIpc) is 2.07. The van der Waals surface area contributed by atoms with Gasteiger partial charge in [-0.25, -0.2) is 9.78 Å². The molecule has 0 bridgehead atoms. The quantitative estimate of drug-likeness (QED) is 0.639. The zero-order valence-electron chi connectivity index (χ0n) is 6.99. The number of aromatic nitrogens is 1. The predicted molar refractivity (Wildman–Crippen MR) is 53.3 cm³/mol. The molecule has 1 N–H and O–H groups in total. The summed E-state index contributed by atoms with van der Waals surface area (Å²) in [7, 11) is 0. The maximum Gasteiger partial charge on any atom is 0.328 e. The van der Waals surface area contributed by atoms with Gasteiger partial charge in [0, 0.05) is 12.3 Å². The molecule has 3 nitrogen and oxygen atoms in total. The summed E-state index contributed by atoms with van der Waals surface area (Å²) in [5.74, 6) is -0.958. The van der Waals surface area contributed by atoms with Gasteiger partial charge in [-0.1, -0.05) is 0 Å². The number of carboxylic acids is 1. The zero-order valence-corrected chi connectivity index (χ0v) is 8.58. The fourth-order valence-corrected chi connectivity index (χ4v) is 1.06. The molecule has 0 spiro atoms. The van der Waals surface area contributed by atoms with Crippen LogP contribution < -0.4 is 0 Å². The van der Waals surface area contributed by atoms with E-state index >= 15 is 0 Å². The van der Waals surface area contributed by atoms with E-state index in [1.54, 1.807) is 6.20 Å². The van der Waals surface area contributed by atoms with Gasteiger partial charge in [-0.05, 0) is 46.1 Å². The summed E-state index contributed by atoms with van der Waals surface area (Å²) in [5, 5.41) is 8.38. The van der Waals surface area contributed by atoms with Gasteiger partial charge >= 0.3 is 5.97 Å². The summed E-state index contributed by atoms with van der Waals surface area (Å²) in [5.41, 5.74) is 1.76. The van der Waals surface area contributed by atoms with Crippen molar-refractivity contribution in [2.24, 2.45) is 0 Å². The van der Waals surface area contributed by atoms with Crippen LogP contribution in [0.4, 0.5) is 0 Å². The normalized spacial score (nSPS) is 10.6. The first-order chi connectivity index (χ1) is 6.09. The summed E-state index contributed by atoms with van der Waals surface area (Å²) in [6, 6.07) is 1.86. The third kappa shape index (κ3) is 2.99. The Balaban J connectivity index is 2.92. The number of nitrogens with zero attached hydrogens (tertiary/aromatic N) is 1. The van der Waals surface area contributed by atoms with Gasteiger partial charge in [-0.3, -0.25) is 0 Å². The van der Waals surface area contributed by atoms with Gasteiger partial charge in [0.05, 0.1) is 0 Å². The molecule has 68 valence electrons. The first kappa shape index (κ1) is 9.92. The first-order valence-electron chi connectivity index (χ1n) is 3.63. The molecule has 0 amide bonds. The SMILES string of the molecule is Cc1cc(C=CC(=O)O)cnc1Br. The third-order valence-electron chi connectivity index (χ3n) is 1.45. The van der Waals surface area contributed by atoms with E-state index in [2.05, 4.69) is 20.9 Å². The third-order valence-corrected chi connectivity index (χ3v) is 2.28. The summed E-state index contributed by atoms with van der Waals surface area (Å²) >= 11 is 3.26. The minimum Gasteiger partial charge on any atom is -0.478 e. The molecule has 0 aliphatic rings. The van der Waals surface area contributed by atoms with Gasteiger partial charge in [-0.2, -0.15) is 0 Å². The van der Waals surface area contributed by atoms with Crippen LogP contribution in [-0.2, 0) is 4.79 Å². The summed E-state index contributed by atoms with van der Waals surface area (Å²) in [4.78, 5) is 14.2. The first-order valence-corrected chi connectivity index (χ1v) is 4.42. The Morgan fingerprint density at radius 2 is 2.38 bits per heavy atom. The molecule has 1 rings (SSSR count). The van der Waals surface area contributed by atoms with Crippen LogP contribution in [0.25, 0.3) is 6.08 Å². The number of carboxylic acid groups (broad SMARTS) is 1. The van der Waals surface area contributed by atoms with Gasteiger partial charge in [0.1, 0.15) is 4.60 Å². The number of aryl methyl sites for hydroxylation is 1. The highest BCUT2D eigenvalue weighted by atomic mass is 79.9. The zero-order chi connectivity index (χ0) is 9.84. The lowest BCUT2D eigenvalue weighted by molar-refractivity contribution is -0.131. The molecule has 0 fully saturated rings. The van der Waals surface area contributed by atoms with Crippen LogP contribution in [0, 0.1) is 6.92 Å². The van der Waals surface area contributed by atoms with Crippen LogP contribution >= 0.6 is 15.9 Å². The highest BCUT2D eigenvalue weighted by Crippen LogP contribution is 2.14. The minimum atomic E-state index is -0.958. The van der Waals surface area contributed by atoms with Gasteiger partial charge in [0.15, 0.2) is 0 Å². The van der Waals surface area contributed by atoms with Gasteiger partial charge in [-0.15, -0.1) is 0 Å². The van der Waals surface area contributed by atoms with Crippen molar-refractivity contribution in [1.82, 2.24) is 4.98 Å². The van der Waals surface area contributed by atoms with Gasteiger partial charge in [0.25, 0.3) is 0 Å². The van der Waals surface area contributed by atoms with Crippen molar-refractivity contribution in [2.45, 2.75) is 6.92 Å². The molecule has 1 aromatic rings. The van der Waals surface area contributed by atoms with Crippen LogP contribution in [0.15, 0.2) is 22.9 Å². The molecule has 0 saturated heterocycles. The van der Waals surface area contributed by atoms with Crippen LogP contribution in [-0.4, -0.2) is 16.1 Å². The van der Waals surface area contributed by atoms with Crippen molar-refractivity contribution < 1.29 is 9.90 Å². The molecule has 1 heterocycles. The smallest absolute Gasteiger partial charge is 0.328 e. The van der Waals surface area contributed by atoms with Crippen molar-refractivity contribution in [3.63, 3.8) is 0 Å². The number of aliphatic carboxylic acids is 1. The number of carbonyl (C=O) groups is 1. The Morgan fingerprint density at radius 1 is 1.69 bits per heavy atom. The van der Waals surface area contributed by atoms with E-state index in [1.165, 1.54) is 6.08 Å². The van der Waals surface area contributed by atoms with Gasteiger partial charge in [0.2, 0.25) is 0 Å². The van der Waals surface area contributed by atoms with Crippen molar-refractivity contribution >= 4 is 28.0 Å². The fraction of sp³-hybridized carbons (Fsp3) is 0.111. The molecule has 13 heavy (non-hydrogen) atoms. The molecule has 0 saturated carbocycles. The van der Waals surface area contributed by atoms with Crippen LogP contribution in [0.1, 0.15) is 11.1 Å². The lowest BCUT2D eigenvalue weighted by atomic mass is 10.2. The van der Waals surface area contributed by atoms with Crippen molar-refractivity contribution in [3.8, 4) is 0 Å². The van der Waals surface area contributed by atoms with E-state index in [0.29, 0.717) is 0 Å². The van der Waals surface area contributed by atoms with E-state index < -0.39 is 5.97 Å². The molecular weight excluding hydrogens is 234 g/mol. The second kappa shape index (κ2) is 4.18. The number of halogens is 1. The lowest BCUT2D eigenvalue weighted by Crippen LogP contribution is -1.87. The summed E-state index contributed by atoms with van der Waals surface area (Å²) in [6.45, 7) is 1.90. The Bertz CT molecular complexity index is 361. The van der Waals surface area contributed by atoms with E-state index in [-0.39, 0.29) is 0 Å². The predicted octanol–water partition coefficient (Wildman–Crippen LogP) is 2.25. The molecule has 4 heteroatoms. The highest BCUT2D eigenvalue weighted by molar-refractivity contribution is 9.10. The second-order valence-electron chi connectivity index (χ2n) is 2.55. The van der Waals surface area contributed by atoms with Crippen LogP contribution in [0.5, 0.6) is 0 Å². The number of hydrogen-bond acceptors (Lipinski definition) is 2. The van der Waals surface area contributed by atoms with Gasteiger partial charge < -0.3 is 5.11 Å². The Labute approximate surface area is 84.2 Å². The largest absolute Gasteiger partial charge is 0.478 e. The molecular formula is C9H8BrNO2. The maximum absolute atomic E-state index is 10.2. The van der Waals surface area contributed by atoms with E-state index in [1.807, 2.05) is 13.0 Å². The highest BCUT2D eigenvalue weighted by Gasteiger charge is 1.96. The number of rotatable bonds is 2.